The molecule has 0 fully saturated rings. The fourth-order valence-corrected chi connectivity index (χ4v) is 2.12. The molecule has 1 aromatic heterocycles. The number of carbonyl (C=O) groups excluding carboxylic acids is 1. The summed E-state index contributed by atoms with van der Waals surface area (Å²) < 4.78 is 0.748. The van der Waals surface area contributed by atoms with E-state index in [1.165, 1.54) is 18.3 Å². The number of nitrogen functional groups attached to an aromatic ring is 1. The van der Waals surface area contributed by atoms with E-state index in [0.29, 0.717) is 12.8 Å². The molecule has 9 nitrogen and oxygen atoms in total. The average molecular weight is 335 g/mol. The number of nitrogens with zero attached hydrogens (tertiary/aromatic N) is 3. The highest BCUT2D eigenvalue weighted by Gasteiger charge is 2.23. The van der Waals surface area contributed by atoms with Crippen LogP contribution in [-0.4, -0.2) is 21.0 Å². The lowest BCUT2D eigenvalue weighted by Crippen LogP contribution is -2.35. The van der Waals surface area contributed by atoms with Crippen LogP contribution in [0.15, 0.2) is 27.0 Å². The van der Waals surface area contributed by atoms with Crippen molar-refractivity contribution in [1.29, 1.82) is 5.53 Å². The zero-order valence-electron chi connectivity index (χ0n) is 14.1. The molecule has 0 radical (unpaired) electrons. The maximum Gasteiger partial charge on any atom is 0.346 e. The van der Waals surface area contributed by atoms with Gasteiger partial charge in [0.1, 0.15) is 16.2 Å². The summed E-state index contributed by atoms with van der Waals surface area (Å²) in [5.74, 6) is 5.04. The van der Waals surface area contributed by atoms with E-state index in [9.17, 15) is 14.4 Å². The van der Waals surface area contributed by atoms with Gasteiger partial charge < -0.3 is 5.84 Å². The van der Waals surface area contributed by atoms with Crippen molar-refractivity contribution in [1.82, 2.24) is 14.6 Å². The second-order valence-electron chi connectivity index (χ2n) is 6.29. The molecule has 0 saturated heterocycles. The third kappa shape index (κ3) is 5.77. The standard InChI is InChI=1S/C15H22N6O3/c1-10(5-4-8-15(2,3)19-20-16)12(22)7-6-11-9-21(17)14(24)18-13(11)23/h6-7,9-10,16H,4-5,8,17H2,1-3H3/p+1/b7-6+. The smallest absolute Gasteiger partial charge is 0.335 e. The van der Waals surface area contributed by atoms with Crippen molar-refractivity contribution in [3.05, 3.63) is 38.7 Å². The van der Waals surface area contributed by atoms with Gasteiger partial charge in [0.25, 0.3) is 5.56 Å². The SMILES string of the molecule is CC(CCCC(C)(C)N=[N+]=N)C(=O)/C=C/c1cn(N)c(=O)[nH]c1=O. The van der Waals surface area contributed by atoms with E-state index in [1.807, 2.05) is 13.8 Å². The van der Waals surface area contributed by atoms with Crippen LogP contribution in [0, 0.1) is 11.4 Å². The third-order valence-electron chi connectivity index (χ3n) is 3.65. The van der Waals surface area contributed by atoms with Crippen LogP contribution in [0.3, 0.4) is 0 Å². The maximum atomic E-state index is 12.1. The Hall–Kier alpha value is -2.80. The average Bonchev–Trinajstić information content (AvgIpc) is 2.48. The molecule has 1 unspecified atom stereocenters. The molecule has 0 aliphatic heterocycles. The minimum Gasteiger partial charge on any atom is -0.335 e. The molecule has 24 heavy (non-hydrogen) atoms. The third-order valence-corrected chi connectivity index (χ3v) is 3.65. The molecule has 0 bridgehead atoms. The van der Waals surface area contributed by atoms with Gasteiger partial charge in [0.15, 0.2) is 5.78 Å². The summed E-state index contributed by atoms with van der Waals surface area (Å²) in [7, 11) is 0. The van der Waals surface area contributed by atoms with Crippen molar-refractivity contribution in [3.8, 4) is 0 Å². The number of carbonyl (C=O) groups is 1. The number of aromatic amines is 1. The summed E-state index contributed by atoms with van der Waals surface area (Å²) in [6, 6.07) is 0. The van der Waals surface area contributed by atoms with Crippen molar-refractivity contribution in [2.75, 3.05) is 5.84 Å². The second-order valence-corrected chi connectivity index (χ2v) is 6.29. The molecule has 0 aliphatic rings. The molecular weight excluding hydrogens is 312 g/mol. The lowest BCUT2D eigenvalue weighted by molar-refractivity contribution is -0.117. The van der Waals surface area contributed by atoms with Crippen LogP contribution in [0.2, 0.25) is 0 Å². The Balaban J connectivity index is 2.64. The van der Waals surface area contributed by atoms with Crippen LogP contribution >= 0.6 is 0 Å². The molecule has 9 heteroatoms. The van der Waals surface area contributed by atoms with Crippen LogP contribution in [0.5, 0.6) is 0 Å². The maximum absolute atomic E-state index is 12.1. The van der Waals surface area contributed by atoms with E-state index >= 15 is 0 Å². The van der Waals surface area contributed by atoms with Gasteiger partial charge in [-0.05, 0) is 38.8 Å². The first kappa shape index (κ1) is 19.2. The summed E-state index contributed by atoms with van der Waals surface area (Å²) in [6.07, 6.45) is 5.97. The Morgan fingerprint density at radius 1 is 1.54 bits per heavy atom. The lowest BCUT2D eigenvalue weighted by atomic mass is 9.93. The highest BCUT2D eigenvalue weighted by molar-refractivity contribution is 5.95. The van der Waals surface area contributed by atoms with Crippen LogP contribution < -0.4 is 22.0 Å². The monoisotopic (exact) mass is 335 g/mol. The Bertz CT molecular complexity index is 783. The van der Waals surface area contributed by atoms with Gasteiger partial charge in [0.2, 0.25) is 4.91 Å². The first-order chi connectivity index (χ1) is 11.2. The predicted molar refractivity (Wildman–Crippen MR) is 89.9 cm³/mol. The Kier molecular flexibility index (Phi) is 6.55. The molecular formula is C15H23N6O3+. The van der Waals surface area contributed by atoms with Gasteiger partial charge in [-0.3, -0.25) is 14.6 Å². The quantitative estimate of drug-likeness (QED) is 0.281. The number of rotatable bonds is 8. The van der Waals surface area contributed by atoms with E-state index in [2.05, 4.69) is 15.0 Å². The number of hydrogen-bond donors (Lipinski definition) is 3. The number of H-pyrrole nitrogens is 1. The summed E-state index contributed by atoms with van der Waals surface area (Å²) in [5, 5.41) is 3.81. The Morgan fingerprint density at radius 2 is 2.21 bits per heavy atom. The molecule has 1 aromatic rings. The molecule has 0 saturated carbocycles. The molecule has 0 spiro atoms. The molecule has 4 N–H and O–H groups in total. The first-order valence-electron chi connectivity index (χ1n) is 7.58. The predicted octanol–water partition coefficient (Wildman–Crippen LogP) is 0.968. The van der Waals surface area contributed by atoms with Gasteiger partial charge in [-0.25, -0.2) is 9.47 Å². The normalized spacial score (nSPS) is 12.8. The van der Waals surface area contributed by atoms with Crippen LogP contribution in [0.1, 0.15) is 45.6 Å². The van der Waals surface area contributed by atoms with E-state index in [1.54, 1.807) is 6.92 Å². The highest BCUT2D eigenvalue weighted by Crippen LogP contribution is 2.19. The van der Waals surface area contributed by atoms with E-state index < -0.39 is 16.8 Å². The topological polar surface area (TPSA) is 148 Å². The van der Waals surface area contributed by atoms with Gasteiger partial charge in [-0.2, -0.15) is 0 Å². The fourth-order valence-electron chi connectivity index (χ4n) is 2.12. The van der Waals surface area contributed by atoms with Gasteiger partial charge in [0.05, 0.1) is 5.56 Å². The Morgan fingerprint density at radius 3 is 2.83 bits per heavy atom. The molecule has 1 atom stereocenters. The molecule has 0 aromatic carbocycles. The van der Waals surface area contributed by atoms with Crippen molar-refractivity contribution < 1.29 is 4.79 Å². The molecule has 130 valence electrons. The minimum absolute atomic E-state index is 0.121. The van der Waals surface area contributed by atoms with Crippen LogP contribution in [0.4, 0.5) is 0 Å². The van der Waals surface area contributed by atoms with Gasteiger partial charge in [-0.1, -0.05) is 13.3 Å². The van der Waals surface area contributed by atoms with Crippen molar-refractivity contribution in [3.63, 3.8) is 0 Å². The highest BCUT2D eigenvalue weighted by atomic mass is 16.2. The van der Waals surface area contributed by atoms with Crippen LogP contribution in [-0.2, 0) is 4.79 Å². The zero-order chi connectivity index (χ0) is 18.3. The van der Waals surface area contributed by atoms with E-state index in [4.69, 9.17) is 11.4 Å². The fraction of sp³-hybridized carbons (Fsp3) is 0.533. The summed E-state index contributed by atoms with van der Waals surface area (Å²) in [6.45, 7) is 5.57. The van der Waals surface area contributed by atoms with Crippen molar-refractivity contribution in [2.24, 2.45) is 11.0 Å². The van der Waals surface area contributed by atoms with Crippen molar-refractivity contribution >= 4 is 11.9 Å². The summed E-state index contributed by atoms with van der Waals surface area (Å²) in [4.78, 5) is 39.9. The number of aromatic nitrogens is 2. The Labute approximate surface area is 138 Å². The molecule has 1 rings (SSSR count). The van der Waals surface area contributed by atoms with Crippen LogP contribution in [0.25, 0.3) is 6.08 Å². The zero-order valence-corrected chi connectivity index (χ0v) is 14.1. The molecule has 0 amide bonds. The first-order valence-corrected chi connectivity index (χ1v) is 7.58. The molecule has 0 aliphatic carbocycles. The number of ketones is 1. The number of nitrogens with one attached hydrogen (secondary N) is 2. The number of nitrogens with two attached hydrogens (primary N) is 1. The largest absolute Gasteiger partial charge is 0.346 e. The summed E-state index contributed by atoms with van der Waals surface area (Å²) in [5.41, 5.74) is 5.17. The minimum atomic E-state index is -0.718. The lowest BCUT2D eigenvalue weighted by Gasteiger charge is -2.13. The van der Waals surface area contributed by atoms with E-state index in [0.717, 1.165) is 11.1 Å². The van der Waals surface area contributed by atoms with Gasteiger partial charge in [0, 0.05) is 12.1 Å². The van der Waals surface area contributed by atoms with Gasteiger partial charge in [-0.15, -0.1) is 0 Å². The van der Waals surface area contributed by atoms with Gasteiger partial charge >= 0.3 is 5.69 Å². The summed E-state index contributed by atoms with van der Waals surface area (Å²) >= 11 is 0. The molecule has 1 heterocycles. The number of allylic oxidation sites excluding steroid dienone is 1. The second kappa shape index (κ2) is 8.16. The van der Waals surface area contributed by atoms with E-state index in [-0.39, 0.29) is 17.3 Å². The number of hydrogen-bond acceptors (Lipinski definition) is 6. The van der Waals surface area contributed by atoms with Crippen molar-refractivity contribution in [2.45, 2.75) is 45.6 Å².